The summed E-state index contributed by atoms with van der Waals surface area (Å²) >= 11 is 0. The van der Waals surface area contributed by atoms with Crippen molar-refractivity contribution in [1.29, 1.82) is 0 Å². The second-order valence-corrected chi connectivity index (χ2v) is 12.0. The average molecular weight is 579 g/mol. The molecule has 0 aromatic heterocycles. The lowest BCUT2D eigenvalue weighted by atomic mass is 9.88. The largest absolute Gasteiger partial charge is 0.496 e. The fourth-order valence-electron chi connectivity index (χ4n) is 5.77. The number of hydrogen-bond donors (Lipinski definition) is 2. The monoisotopic (exact) mass is 578 g/mol. The summed E-state index contributed by atoms with van der Waals surface area (Å²) in [4.78, 5) is 18.0. The molecule has 1 aliphatic heterocycles. The van der Waals surface area contributed by atoms with E-state index in [1.807, 2.05) is 18.2 Å². The lowest BCUT2D eigenvalue weighted by Gasteiger charge is -2.36. The van der Waals surface area contributed by atoms with Crippen LogP contribution in [0.25, 0.3) is 0 Å². The van der Waals surface area contributed by atoms with Gasteiger partial charge in [0.25, 0.3) is 5.91 Å². The lowest BCUT2D eigenvalue weighted by Crippen LogP contribution is -2.46. The summed E-state index contributed by atoms with van der Waals surface area (Å²) in [5.74, 6) is 0.261. The Balaban J connectivity index is 1.50. The Morgan fingerprint density at radius 2 is 1.66 bits per heavy atom. The highest BCUT2D eigenvalue weighted by Crippen LogP contribution is 2.35. The van der Waals surface area contributed by atoms with Gasteiger partial charge in [0.2, 0.25) is 10.0 Å². The number of hydrogen-bond acceptors (Lipinski definition) is 7. The van der Waals surface area contributed by atoms with Crippen LogP contribution in [0.1, 0.15) is 47.3 Å². The maximum atomic E-state index is 14.1. The van der Waals surface area contributed by atoms with Crippen LogP contribution in [0.2, 0.25) is 0 Å². The van der Waals surface area contributed by atoms with Crippen LogP contribution >= 0.6 is 0 Å². The van der Waals surface area contributed by atoms with Gasteiger partial charge in [-0.1, -0.05) is 37.3 Å². The first kappa shape index (κ1) is 28.9. The standard InChI is InChI=1S/C31H38N4O5S/c1-4-34-17-19-35(20-18-34)26-16-15-23(32-31(36)30-27(39-2)13-8-14-28(30)40-3)21-29(26)41(37,38)33-25-12-7-10-22-9-5-6-11-24(22)25/h5-6,8-9,11,13-16,21,25,33H,4,7,10,12,17-20H2,1-3H3,(H,32,36)/t25-/m0/s1. The second-order valence-electron chi connectivity index (χ2n) is 10.4. The van der Waals surface area contributed by atoms with Gasteiger partial charge in [0.05, 0.1) is 19.9 Å². The van der Waals surface area contributed by atoms with E-state index >= 15 is 0 Å². The molecule has 5 rings (SSSR count). The van der Waals surface area contributed by atoms with Crippen LogP contribution in [0.3, 0.4) is 0 Å². The zero-order valence-corrected chi connectivity index (χ0v) is 24.7. The number of fused-ring (bicyclic) bond motifs is 1. The van der Waals surface area contributed by atoms with E-state index in [0.29, 0.717) is 36.0 Å². The Kier molecular flexibility index (Phi) is 8.82. The molecule has 1 atom stereocenters. The third-order valence-electron chi connectivity index (χ3n) is 7.99. The number of nitrogens with zero attached hydrogens (tertiary/aromatic N) is 2. The van der Waals surface area contributed by atoms with Crippen LogP contribution in [0.15, 0.2) is 65.6 Å². The highest BCUT2D eigenvalue weighted by Gasteiger charge is 2.30. The van der Waals surface area contributed by atoms with Crippen molar-refractivity contribution in [3.05, 3.63) is 77.4 Å². The minimum Gasteiger partial charge on any atom is -0.496 e. The van der Waals surface area contributed by atoms with Crippen LogP contribution in [-0.2, 0) is 16.4 Å². The van der Waals surface area contributed by atoms with E-state index in [2.05, 4.69) is 32.8 Å². The first-order chi connectivity index (χ1) is 19.8. The number of methoxy groups -OCH3 is 2. The number of likely N-dealkylation sites (N-methyl/N-ethyl adjacent to an activating group) is 1. The Labute approximate surface area is 242 Å². The van der Waals surface area contributed by atoms with Crippen LogP contribution in [0.5, 0.6) is 11.5 Å². The number of piperazine rings is 1. The Bertz CT molecular complexity index is 1480. The molecule has 218 valence electrons. The summed E-state index contributed by atoms with van der Waals surface area (Å²) in [6, 6.07) is 17.9. The molecule has 1 fully saturated rings. The van der Waals surface area contributed by atoms with Gasteiger partial charge in [0, 0.05) is 37.9 Å². The summed E-state index contributed by atoms with van der Waals surface area (Å²) in [5, 5.41) is 2.87. The fraction of sp³-hybridized carbons (Fsp3) is 0.387. The summed E-state index contributed by atoms with van der Waals surface area (Å²) in [6.07, 6.45) is 2.58. The van der Waals surface area contributed by atoms with Gasteiger partial charge in [-0.05, 0) is 67.3 Å². The molecule has 41 heavy (non-hydrogen) atoms. The van der Waals surface area contributed by atoms with E-state index in [-0.39, 0.29) is 16.5 Å². The summed E-state index contributed by atoms with van der Waals surface area (Å²) < 4.78 is 42.0. The molecule has 9 nitrogen and oxygen atoms in total. The molecule has 0 spiro atoms. The normalized spacial score (nSPS) is 17.5. The maximum absolute atomic E-state index is 14.1. The molecule has 0 bridgehead atoms. The van der Waals surface area contributed by atoms with E-state index in [1.54, 1.807) is 36.4 Å². The predicted molar refractivity (Wildman–Crippen MR) is 161 cm³/mol. The zero-order valence-electron chi connectivity index (χ0n) is 23.9. The van der Waals surface area contributed by atoms with E-state index in [1.165, 1.54) is 19.8 Å². The molecule has 0 unspecified atom stereocenters. The molecular formula is C31H38N4O5S. The molecule has 1 saturated heterocycles. The van der Waals surface area contributed by atoms with Crippen LogP contribution < -0.4 is 24.4 Å². The second kappa shape index (κ2) is 12.5. The fourth-order valence-corrected chi connectivity index (χ4v) is 7.27. The third kappa shape index (κ3) is 6.19. The minimum atomic E-state index is -3.96. The molecule has 0 radical (unpaired) electrons. The van der Waals surface area contributed by atoms with E-state index in [9.17, 15) is 13.2 Å². The molecule has 1 heterocycles. The molecule has 0 saturated carbocycles. The number of amides is 1. The van der Waals surface area contributed by atoms with Crippen LogP contribution in [0.4, 0.5) is 11.4 Å². The molecular weight excluding hydrogens is 540 g/mol. The number of aryl methyl sites for hydroxylation is 1. The molecule has 3 aromatic rings. The van der Waals surface area contributed by atoms with Gasteiger partial charge < -0.3 is 24.6 Å². The molecule has 2 aliphatic rings. The van der Waals surface area contributed by atoms with Crippen molar-refractivity contribution in [1.82, 2.24) is 9.62 Å². The lowest BCUT2D eigenvalue weighted by molar-refractivity contribution is 0.102. The average Bonchev–Trinajstić information content (AvgIpc) is 3.00. The van der Waals surface area contributed by atoms with Gasteiger partial charge in [0.1, 0.15) is 22.0 Å². The van der Waals surface area contributed by atoms with E-state index in [4.69, 9.17) is 9.47 Å². The Hall–Kier alpha value is -3.60. The number of anilines is 2. The van der Waals surface area contributed by atoms with Gasteiger partial charge in [-0.3, -0.25) is 4.79 Å². The van der Waals surface area contributed by atoms with Crippen LogP contribution in [0, 0.1) is 0 Å². The summed E-state index contributed by atoms with van der Waals surface area (Å²) in [5.41, 5.74) is 3.43. The van der Waals surface area contributed by atoms with E-state index in [0.717, 1.165) is 44.5 Å². The van der Waals surface area contributed by atoms with Crippen molar-refractivity contribution in [2.45, 2.75) is 37.1 Å². The van der Waals surface area contributed by atoms with Crippen molar-refractivity contribution in [3.63, 3.8) is 0 Å². The molecule has 3 aromatic carbocycles. The van der Waals surface area contributed by atoms with Crippen molar-refractivity contribution < 1.29 is 22.7 Å². The Morgan fingerprint density at radius 3 is 2.34 bits per heavy atom. The number of carbonyl (C=O) groups is 1. The van der Waals surface area contributed by atoms with Gasteiger partial charge in [-0.2, -0.15) is 0 Å². The number of ether oxygens (including phenoxy) is 2. The van der Waals surface area contributed by atoms with Gasteiger partial charge in [-0.25, -0.2) is 13.1 Å². The van der Waals surface area contributed by atoms with E-state index < -0.39 is 15.9 Å². The topological polar surface area (TPSA) is 100 Å². The minimum absolute atomic E-state index is 0.148. The van der Waals surface area contributed by atoms with Crippen molar-refractivity contribution in [2.75, 3.05) is 57.2 Å². The van der Waals surface area contributed by atoms with Crippen molar-refractivity contribution in [3.8, 4) is 11.5 Å². The molecule has 10 heteroatoms. The zero-order chi connectivity index (χ0) is 29.0. The van der Waals surface area contributed by atoms with Gasteiger partial charge >= 0.3 is 0 Å². The SMILES string of the molecule is CCN1CCN(c2ccc(NC(=O)c3c(OC)cccc3OC)cc2S(=O)(=O)N[C@H]2CCCc3ccccc32)CC1. The molecule has 1 aliphatic carbocycles. The molecule has 2 N–H and O–H groups in total. The highest BCUT2D eigenvalue weighted by molar-refractivity contribution is 7.89. The quantitative estimate of drug-likeness (QED) is 0.387. The smallest absolute Gasteiger partial charge is 0.263 e. The highest BCUT2D eigenvalue weighted by atomic mass is 32.2. The number of carbonyl (C=O) groups excluding carboxylic acids is 1. The van der Waals surface area contributed by atoms with Crippen molar-refractivity contribution >= 4 is 27.3 Å². The summed E-state index contributed by atoms with van der Waals surface area (Å²) in [7, 11) is -0.987. The number of benzene rings is 3. The predicted octanol–water partition coefficient (Wildman–Crippen LogP) is 4.45. The number of nitrogens with one attached hydrogen (secondary N) is 2. The van der Waals surface area contributed by atoms with Crippen molar-refractivity contribution in [2.24, 2.45) is 0 Å². The maximum Gasteiger partial charge on any atom is 0.263 e. The number of sulfonamides is 1. The van der Waals surface area contributed by atoms with Gasteiger partial charge in [-0.15, -0.1) is 0 Å². The summed E-state index contributed by atoms with van der Waals surface area (Å²) in [6.45, 7) is 6.22. The molecule has 1 amide bonds. The van der Waals surface area contributed by atoms with Gasteiger partial charge in [0.15, 0.2) is 0 Å². The third-order valence-corrected chi connectivity index (χ3v) is 9.49. The number of rotatable bonds is 9. The first-order valence-electron chi connectivity index (χ1n) is 14.1. The van der Waals surface area contributed by atoms with Crippen LogP contribution in [-0.4, -0.2) is 66.2 Å². The first-order valence-corrected chi connectivity index (χ1v) is 15.6. The Morgan fingerprint density at radius 1 is 0.951 bits per heavy atom.